The third kappa shape index (κ3) is 4.24. The molecule has 0 atom stereocenters. The third-order valence-corrected chi connectivity index (χ3v) is 7.28. The van der Waals surface area contributed by atoms with Crippen molar-refractivity contribution >= 4 is 27.7 Å². The topological polar surface area (TPSA) is 93.7 Å². The van der Waals surface area contributed by atoms with E-state index >= 15 is 0 Å². The molecular weight excluding hydrogens is 426 g/mol. The largest absolute Gasteiger partial charge is 0.447 e. The van der Waals surface area contributed by atoms with Crippen molar-refractivity contribution in [3.8, 4) is 5.69 Å². The molecule has 11 heteroatoms. The number of hydrogen-bond donors (Lipinski definition) is 0. The molecule has 3 heterocycles. The predicted molar refractivity (Wildman–Crippen MR) is 114 cm³/mol. The van der Waals surface area contributed by atoms with Gasteiger partial charge in [0.25, 0.3) is 10.0 Å². The van der Waals surface area contributed by atoms with Gasteiger partial charge in [-0.15, -0.1) is 10.2 Å². The van der Waals surface area contributed by atoms with Crippen molar-refractivity contribution in [2.75, 3.05) is 45.3 Å². The van der Waals surface area contributed by atoms with Gasteiger partial charge in [-0.2, -0.15) is 0 Å². The number of aromatic nitrogens is 3. The molecule has 0 spiro atoms. The summed E-state index contributed by atoms with van der Waals surface area (Å²) in [5, 5.41) is 9.45. The number of anilines is 1. The molecule has 1 aromatic carbocycles. The SMILES string of the molecule is CN(C)S(=O)(=O)c1ccc(CSc2nnc(N3CCOCC3)n2-c2ccccc2)o1. The smallest absolute Gasteiger partial charge is 0.275 e. The van der Waals surface area contributed by atoms with Gasteiger partial charge in [0, 0.05) is 27.2 Å². The highest BCUT2D eigenvalue weighted by molar-refractivity contribution is 7.98. The van der Waals surface area contributed by atoms with Crippen molar-refractivity contribution in [2.45, 2.75) is 16.0 Å². The molecule has 3 aromatic rings. The second-order valence-corrected chi connectivity index (χ2v) is 9.88. The lowest BCUT2D eigenvalue weighted by Crippen LogP contribution is -2.37. The van der Waals surface area contributed by atoms with Gasteiger partial charge in [-0.3, -0.25) is 4.57 Å². The molecule has 0 unspecified atom stereocenters. The van der Waals surface area contributed by atoms with Crippen LogP contribution in [0.2, 0.25) is 0 Å². The summed E-state index contributed by atoms with van der Waals surface area (Å²) in [6.45, 7) is 2.80. The molecule has 30 heavy (non-hydrogen) atoms. The molecule has 0 radical (unpaired) electrons. The molecule has 1 saturated heterocycles. The van der Waals surface area contributed by atoms with Crippen LogP contribution in [0, 0.1) is 0 Å². The molecule has 2 aromatic heterocycles. The number of ether oxygens (including phenoxy) is 1. The first-order chi connectivity index (χ1) is 14.5. The fourth-order valence-corrected chi connectivity index (χ4v) is 4.67. The van der Waals surface area contributed by atoms with E-state index < -0.39 is 10.0 Å². The number of morpholine rings is 1. The quantitative estimate of drug-likeness (QED) is 0.507. The number of nitrogens with zero attached hydrogens (tertiary/aromatic N) is 5. The molecular formula is C19H23N5O4S2. The number of benzene rings is 1. The Morgan fingerprint density at radius 3 is 2.50 bits per heavy atom. The van der Waals surface area contributed by atoms with E-state index in [2.05, 4.69) is 15.1 Å². The lowest BCUT2D eigenvalue weighted by atomic mass is 10.3. The van der Waals surface area contributed by atoms with E-state index in [1.165, 1.54) is 31.9 Å². The van der Waals surface area contributed by atoms with Gasteiger partial charge < -0.3 is 14.1 Å². The van der Waals surface area contributed by atoms with E-state index in [1.54, 1.807) is 6.07 Å². The van der Waals surface area contributed by atoms with Crippen molar-refractivity contribution in [2.24, 2.45) is 0 Å². The normalized spacial score (nSPS) is 15.1. The second-order valence-electron chi connectivity index (χ2n) is 6.85. The predicted octanol–water partition coefficient (Wildman–Crippen LogP) is 2.24. The first kappa shape index (κ1) is 20.9. The van der Waals surface area contributed by atoms with Gasteiger partial charge in [-0.1, -0.05) is 30.0 Å². The number of rotatable bonds is 7. The van der Waals surface area contributed by atoms with Crippen LogP contribution in [0.1, 0.15) is 5.76 Å². The molecule has 1 aliphatic heterocycles. The average molecular weight is 450 g/mol. The molecule has 0 N–H and O–H groups in total. The maximum atomic E-state index is 12.2. The zero-order valence-electron chi connectivity index (χ0n) is 16.8. The summed E-state index contributed by atoms with van der Waals surface area (Å²) in [4.78, 5) is 2.15. The summed E-state index contributed by atoms with van der Waals surface area (Å²) in [6, 6.07) is 13.1. The molecule has 0 saturated carbocycles. The van der Waals surface area contributed by atoms with Gasteiger partial charge in [0.2, 0.25) is 11.0 Å². The van der Waals surface area contributed by atoms with Gasteiger partial charge in [0.1, 0.15) is 5.76 Å². The van der Waals surface area contributed by atoms with Crippen molar-refractivity contribution < 1.29 is 17.6 Å². The Balaban J connectivity index is 1.59. The Hall–Kier alpha value is -2.34. The molecule has 1 aliphatic rings. The fraction of sp³-hybridized carbons (Fsp3) is 0.368. The van der Waals surface area contributed by atoms with Crippen molar-refractivity contribution in [3.05, 3.63) is 48.2 Å². The summed E-state index contributed by atoms with van der Waals surface area (Å²) in [7, 11) is -0.647. The average Bonchev–Trinajstić information content (AvgIpc) is 3.41. The Labute approximate surface area is 179 Å². The van der Waals surface area contributed by atoms with Crippen LogP contribution in [-0.2, 0) is 20.5 Å². The van der Waals surface area contributed by atoms with Gasteiger partial charge >= 0.3 is 0 Å². The summed E-state index contributed by atoms with van der Waals surface area (Å²) in [6.07, 6.45) is 0. The number of sulfonamides is 1. The van der Waals surface area contributed by atoms with E-state index in [9.17, 15) is 8.42 Å². The van der Waals surface area contributed by atoms with Gasteiger partial charge in [-0.05, 0) is 24.3 Å². The maximum Gasteiger partial charge on any atom is 0.275 e. The van der Waals surface area contributed by atoms with E-state index in [0.29, 0.717) is 29.9 Å². The molecule has 1 fully saturated rings. The van der Waals surface area contributed by atoms with Crippen LogP contribution in [0.15, 0.2) is 57.1 Å². The first-order valence-corrected chi connectivity index (χ1v) is 11.9. The summed E-state index contributed by atoms with van der Waals surface area (Å²) in [5.74, 6) is 1.75. The minimum Gasteiger partial charge on any atom is -0.447 e. The van der Waals surface area contributed by atoms with Crippen LogP contribution in [0.5, 0.6) is 0 Å². The zero-order chi connectivity index (χ0) is 21.1. The molecule has 160 valence electrons. The van der Waals surface area contributed by atoms with Crippen LogP contribution >= 0.6 is 11.8 Å². The minimum atomic E-state index is -3.59. The third-order valence-electron chi connectivity index (χ3n) is 4.64. The highest BCUT2D eigenvalue weighted by Gasteiger charge is 2.24. The highest BCUT2D eigenvalue weighted by atomic mass is 32.2. The molecule has 0 amide bonds. The van der Waals surface area contributed by atoms with Crippen LogP contribution in [0.25, 0.3) is 5.69 Å². The monoisotopic (exact) mass is 449 g/mol. The number of para-hydroxylation sites is 1. The van der Waals surface area contributed by atoms with Crippen LogP contribution in [-0.4, -0.2) is 67.9 Å². The van der Waals surface area contributed by atoms with E-state index in [-0.39, 0.29) is 5.09 Å². The Bertz CT molecular complexity index is 1090. The van der Waals surface area contributed by atoms with Crippen molar-refractivity contribution in [1.82, 2.24) is 19.1 Å². The Morgan fingerprint density at radius 1 is 1.07 bits per heavy atom. The summed E-state index contributed by atoms with van der Waals surface area (Å²) >= 11 is 1.44. The fourth-order valence-electron chi connectivity index (χ4n) is 3.02. The van der Waals surface area contributed by atoms with Crippen molar-refractivity contribution in [3.63, 3.8) is 0 Å². The summed E-state index contributed by atoms with van der Waals surface area (Å²) in [5.41, 5.74) is 0.960. The number of hydrogen-bond acceptors (Lipinski definition) is 8. The second kappa shape index (κ2) is 8.80. The molecule has 0 bridgehead atoms. The maximum absolute atomic E-state index is 12.2. The van der Waals surface area contributed by atoms with Crippen LogP contribution in [0.4, 0.5) is 5.95 Å². The number of furan rings is 1. The lowest BCUT2D eigenvalue weighted by molar-refractivity contribution is 0.122. The van der Waals surface area contributed by atoms with E-state index in [0.717, 1.165) is 29.0 Å². The lowest BCUT2D eigenvalue weighted by Gasteiger charge is -2.27. The van der Waals surface area contributed by atoms with Gasteiger partial charge in [0.05, 0.1) is 24.7 Å². The number of thioether (sulfide) groups is 1. The molecule has 0 aliphatic carbocycles. The minimum absolute atomic E-state index is 0.0679. The Kier molecular flexibility index (Phi) is 6.14. The van der Waals surface area contributed by atoms with E-state index in [4.69, 9.17) is 9.15 Å². The van der Waals surface area contributed by atoms with E-state index in [1.807, 2.05) is 34.9 Å². The zero-order valence-corrected chi connectivity index (χ0v) is 18.4. The molecule has 4 rings (SSSR count). The van der Waals surface area contributed by atoms with Gasteiger partial charge in [0.15, 0.2) is 5.16 Å². The molecule has 9 nitrogen and oxygen atoms in total. The standard InChI is InChI=1S/C19H23N5O4S2/c1-22(2)30(25,26)17-9-8-16(28-17)14-29-19-21-20-18(23-10-12-27-13-11-23)24(19)15-6-4-3-5-7-15/h3-9H,10-14H2,1-2H3. The van der Waals surface area contributed by atoms with Gasteiger partial charge in [-0.25, -0.2) is 12.7 Å². The highest BCUT2D eigenvalue weighted by Crippen LogP contribution is 2.30. The van der Waals surface area contributed by atoms with Crippen LogP contribution in [0.3, 0.4) is 0 Å². The Morgan fingerprint density at radius 2 is 1.80 bits per heavy atom. The summed E-state index contributed by atoms with van der Waals surface area (Å²) < 4.78 is 38.6. The first-order valence-electron chi connectivity index (χ1n) is 9.44. The van der Waals surface area contributed by atoms with Crippen LogP contribution < -0.4 is 4.90 Å². The van der Waals surface area contributed by atoms with Crippen molar-refractivity contribution in [1.29, 1.82) is 0 Å².